The Kier molecular flexibility index (Phi) is 7.97. The number of carbonyl (C=O) groups is 3. The Morgan fingerprint density at radius 1 is 1.36 bits per heavy atom. The summed E-state index contributed by atoms with van der Waals surface area (Å²) < 4.78 is 10.7. The van der Waals surface area contributed by atoms with Gasteiger partial charge >= 0.3 is 6.03 Å². The molecule has 2 aromatic rings. The first-order chi connectivity index (χ1) is 19.0. The third-order valence-corrected chi connectivity index (χ3v) is 7.14. The van der Waals surface area contributed by atoms with Crippen molar-refractivity contribution < 1.29 is 23.9 Å². The van der Waals surface area contributed by atoms with Crippen molar-refractivity contribution in [1.29, 1.82) is 5.26 Å². The smallest absolute Gasteiger partial charge is 0.328 e. The lowest BCUT2D eigenvalue weighted by atomic mass is 10.0. The number of rotatable bonds is 7. The molecule has 0 bridgehead atoms. The zero-order valence-electron chi connectivity index (χ0n) is 21.6. The average Bonchev–Trinajstić information content (AvgIpc) is 3.40. The van der Waals surface area contributed by atoms with E-state index in [1.807, 2.05) is 6.07 Å². The van der Waals surface area contributed by atoms with Crippen molar-refractivity contribution in [3.8, 4) is 6.07 Å². The number of methoxy groups -OCH3 is 1. The molecule has 0 aromatic carbocycles. The van der Waals surface area contributed by atoms with Crippen LogP contribution in [0.15, 0.2) is 18.3 Å². The van der Waals surface area contributed by atoms with Crippen molar-refractivity contribution in [2.24, 2.45) is 0 Å². The number of ether oxygens (including phenoxy) is 2. The molecule has 3 amide bonds. The Balaban J connectivity index is 1.35. The van der Waals surface area contributed by atoms with Gasteiger partial charge < -0.3 is 25.0 Å². The largest absolute Gasteiger partial charge is 0.378 e. The van der Waals surface area contributed by atoms with Crippen LogP contribution in [0.3, 0.4) is 0 Å². The molecule has 5 heterocycles. The van der Waals surface area contributed by atoms with Crippen molar-refractivity contribution in [2.75, 3.05) is 62.0 Å². The lowest BCUT2D eigenvalue weighted by Crippen LogP contribution is -2.42. The van der Waals surface area contributed by atoms with E-state index in [4.69, 9.17) is 9.47 Å². The molecule has 3 aliphatic heterocycles. The highest BCUT2D eigenvalue weighted by Crippen LogP contribution is 2.29. The third kappa shape index (κ3) is 5.68. The Morgan fingerprint density at radius 2 is 2.23 bits per heavy atom. The molecular formula is C26H30N8O5. The van der Waals surface area contributed by atoms with E-state index < -0.39 is 6.03 Å². The minimum Gasteiger partial charge on any atom is -0.378 e. The number of nitriles is 1. The number of aromatic nitrogens is 2. The van der Waals surface area contributed by atoms with Crippen molar-refractivity contribution in [2.45, 2.75) is 31.5 Å². The van der Waals surface area contributed by atoms with E-state index in [0.717, 1.165) is 5.56 Å². The van der Waals surface area contributed by atoms with E-state index in [1.54, 1.807) is 18.1 Å². The van der Waals surface area contributed by atoms with Crippen LogP contribution >= 0.6 is 0 Å². The van der Waals surface area contributed by atoms with Crippen LogP contribution in [0.4, 0.5) is 22.1 Å². The number of hydrogen-bond acceptors (Lipinski definition) is 10. The maximum atomic E-state index is 13.3. The molecule has 3 aliphatic rings. The zero-order chi connectivity index (χ0) is 27.4. The standard InChI is InChI=1S/C26H30N8O5/c1-38-22-12-28-11-20(22)30-19-8-23(29-10-18(19)9-27)32-26(37)34-4-2-3-16-7-17(21(14-35)31-25(16)34)13-33-5-6-39-15-24(33)36/h7-8,10,14,20,22,28H,2-6,11-13,15H2,1H3,(H2,29,30,32,37)/t20-,22-/m1/s1. The maximum absolute atomic E-state index is 13.3. The quantitative estimate of drug-likeness (QED) is 0.435. The number of nitrogens with one attached hydrogen (secondary N) is 3. The van der Waals surface area contributed by atoms with Gasteiger partial charge in [-0.25, -0.2) is 14.8 Å². The molecule has 2 atom stereocenters. The Labute approximate surface area is 225 Å². The summed E-state index contributed by atoms with van der Waals surface area (Å²) in [6.07, 6.45) is 3.40. The molecule has 204 valence electrons. The van der Waals surface area contributed by atoms with Crippen molar-refractivity contribution in [3.05, 3.63) is 40.7 Å². The summed E-state index contributed by atoms with van der Waals surface area (Å²) in [6.45, 7) is 2.95. The number of amides is 3. The molecule has 0 saturated carbocycles. The van der Waals surface area contributed by atoms with Gasteiger partial charge in [0.15, 0.2) is 6.29 Å². The fourth-order valence-electron chi connectivity index (χ4n) is 5.06. The van der Waals surface area contributed by atoms with Crippen LogP contribution in [0.2, 0.25) is 0 Å². The van der Waals surface area contributed by atoms with Crippen LogP contribution < -0.4 is 20.9 Å². The van der Waals surface area contributed by atoms with Gasteiger partial charge in [0.1, 0.15) is 30.0 Å². The number of pyridine rings is 2. The summed E-state index contributed by atoms with van der Waals surface area (Å²) in [5, 5.41) is 18.9. The topological polar surface area (TPSA) is 162 Å². The summed E-state index contributed by atoms with van der Waals surface area (Å²) in [6, 6.07) is 5.11. The Bertz CT molecular complexity index is 1310. The third-order valence-electron chi connectivity index (χ3n) is 7.14. The van der Waals surface area contributed by atoms with Crippen molar-refractivity contribution in [1.82, 2.24) is 20.2 Å². The first-order valence-electron chi connectivity index (χ1n) is 12.8. The lowest BCUT2D eigenvalue weighted by molar-refractivity contribution is -0.143. The van der Waals surface area contributed by atoms with Gasteiger partial charge in [-0.3, -0.25) is 19.8 Å². The second kappa shape index (κ2) is 11.7. The molecule has 2 fully saturated rings. The van der Waals surface area contributed by atoms with Crippen LogP contribution in [0.25, 0.3) is 0 Å². The van der Waals surface area contributed by atoms with Gasteiger partial charge in [-0.15, -0.1) is 0 Å². The van der Waals surface area contributed by atoms with E-state index in [0.29, 0.717) is 74.5 Å². The summed E-state index contributed by atoms with van der Waals surface area (Å²) >= 11 is 0. The van der Waals surface area contributed by atoms with Crippen LogP contribution in [-0.4, -0.2) is 91.7 Å². The number of morpholine rings is 1. The molecule has 0 spiro atoms. The first kappa shape index (κ1) is 26.5. The van der Waals surface area contributed by atoms with E-state index >= 15 is 0 Å². The molecule has 13 heteroatoms. The molecule has 13 nitrogen and oxygen atoms in total. The number of hydrogen-bond donors (Lipinski definition) is 3. The zero-order valence-corrected chi connectivity index (χ0v) is 21.6. The van der Waals surface area contributed by atoms with Gasteiger partial charge in [0.25, 0.3) is 0 Å². The Morgan fingerprint density at radius 3 is 3.00 bits per heavy atom. The molecule has 5 rings (SSSR count). The summed E-state index contributed by atoms with van der Waals surface area (Å²) in [5.74, 6) is 0.541. The fourth-order valence-corrected chi connectivity index (χ4v) is 5.06. The Hall–Kier alpha value is -4.12. The number of urea groups is 1. The highest BCUT2D eigenvalue weighted by atomic mass is 16.5. The van der Waals surface area contributed by atoms with Gasteiger partial charge in [0.2, 0.25) is 5.91 Å². The van der Waals surface area contributed by atoms with Gasteiger partial charge in [-0.1, -0.05) is 0 Å². The summed E-state index contributed by atoms with van der Waals surface area (Å²) in [5.41, 5.74) is 2.55. The minimum atomic E-state index is -0.447. The second-order valence-electron chi connectivity index (χ2n) is 9.60. The van der Waals surface area contributed by atoms with Crippen molar-refractivity contribution in [3.63, 3.8) is 0 Å². The number of carbonyl (C=O) groups excluding carboxylic acids is 3. The van der Waals surface area contributed by atoms with Crippen LogP contribution in [0, 0.1) is 11.3 Å². The number of anilines is 3. The van der Waals surface area contributed by atoms with Crippen LogP contribution in [0.5, 0.6) is 0 Å². The number of aldehydes is 1. The molecule has 0 radical (unpaired) electrons. The molecule has 2 saturated heterocycles. The average molecular weight is 535 g/mol. The minimum absolute atomic E-state index is 0.0217. The lowest BCUT2D eigenvalue weighted by Gasteiger charge is -2.31. The number of aryl methyl sites for hydroxylation is 1. The van der Waals surface area contributed by atoms with Crippen LogP contribution in [-0.2, 0) is 27.2 Å². The second-order valence-corrected chi connectivity index (χ2v) is 9.60. The normalized spacial score (nSPS) is 20.8. The van der Waals surface area contributed by atoms with Crippen molar-refractivity contribution >= 4 is 35.5 Å². The van der Waals surface area contributed by atoms with Gasteiger partial charge in [-0.05, 0) is 24.5 Å². The molecule has 2 aromatic heterocycles. The van der Waals surface area contributed by atoms with E-state index in [9.17, 15) is 19.6 Å². The SMILES string of the molecule is CO[C@@H]1CNC[C@H]1Nc1cc(NC(=O)N2CCCc3cc(CN4CCOCC4=O)c(C=O)nc32)ncc1C#N. The maximum Gasteiger partial charge on any atom is 0.328 e. The molecule has 39 heavy (non-hydrogen) atoms. The van der Waals surface area contributed by atoms with Gasteiger partial charge in [-0.2, -0.15) is 5.26 Å². The number of nitrogens with zero attached hydrogens (tertiary/aromatic N) is 5. The summed E-state index contributed by atoms with van der Waals surface area (Å²) in [4.78, 5) is 49.4. The monoisotopic (exact) mass is 534 g/mol. The highest BCUT2D eigenvalue weighted by Gasteiger charge is 2.29. The van der Waals surface area contributed by atoms with E-state index in [-0.39, 0.29) is 42.7 Å². The van der Waals surface area contributed by atoms with Crippen LogP contribution in [0.1, 0.15) is 33.6 Å². The molecule has 3 N–H and O–H groups in total. The summed E-state index contributed by atoms with van der Waals surface area (Å²) in [7, 11) is 1.64. The predicted molar refractivity (Wildman–Crippen MR) is 141 cm³/mol. The molecule has 0 unspecified atom stereocenters. The first-order valence-corrected chi connectivity index (χ1v) is 12.8. The molecule has 0 aliphatic carbocycles. The highest BCUT2D eigenvalue weighted by molar-refractivity contribution is 6.02. The number of fused-ring (bicyclic) bond motifs is 1. The van der Waals surface area contributed by atoms with Gasteiger partial charge in [0, 0.05) is 57.7 Å². The fraction of sp³-hybridized carbons (Fsp3) is 0.462. The van der Waals surface area contributed by atoms with E-state index in [2.05, 4.69) is 32.0 Å². The molecular weight excluding hydrogens is 504 g/mol. The van der Waals surface area contributed by atoms with Gasteiger partial charge in [0.05, 0.1) is 30.0 Å². The van der Waals surface area contributed by atoms with E-state index in [1.165, 1.54) is 11.1 Å². The predicted octanol–water partition coefficient (Wildman–Crippen LogP) is 0.903.